The molecule has 1 unspecified atom stereocenters. The third-order valence-corrected chi connectivity index (χ3v) is 2.55. The molecular formula is C13H16N4O. The summed E-state index contributed by atoms with van der Waals surface area (Å²) in [5, 5.41) is 3.34. The molecule has 1 atom stereocenters. The number of hydrogen-bond donors (Lipinski definition) is 1. The maximum absolute atomic E-state index is 5.25. The van der Waals surface area contributed by atoms with E-state index in [1.165, 1.54) is 0 Å². The van der Waals surface area contributed by atoms with Crippen molar-refractivity contribution in [1.82, 2.24) is 20.3 Å². The maximum atomic E-state index is 5.25. The predicted octanol–water partition coefficient (Wildman–Crippen LogP) is 1.58. The molecule has 2 aromatic rings. The average Bonchev–Trinajstić information content (AvgIpc) is 2.46. The van der Waals surface area contributed by atoms with Gasteiger partial charge in [-0.2, -0.15) is 0 Å². The largest absolute Gasteiger partial charge is 0.480 e. The Morgan fingerprint density at radius 3 is 2.67 bits per heavy atom. The van der Waals surface area contributed by atoms with Gasteiger partial charge < -0.3 is 10.1 Å². The maximum Gasteiger partial charge on any atom is 0.237 e. The van der Waals surface area contributed by atoms with Gasteiger partial charge in [0.15, 0.2) is 0 Å². The standard InChI is InChI=1S/C13H16N4O/c1-3-14-11(10-6-4-5-7-15-10)12-13(18-2)17-9-8-16-12/h4-9,11,14H,3H2,1-2H3. The van der Waals surface area contributed by atoms with E-state index in [4.69, 9.17) is 4.74 Å². The summed E-state index contributed by atoms with van der Waals surface area (Å²) in [5.74, 6) is 0.522. The second-order valence-electron chi connectivity index (χ2n) is 3.70. The molecule has 5 heteroatoms. The Kier molecular flexibility index (Phi) is 4.20. The van der Waals surface area contributed by atoms with Crippen molar-refractivity contribution in [2.45, 2.75) is 13.0 Å². The Balaban J connectivity index is 2.41. The molecule has 0 aromatic carbocycles. The second-order valence-corrected chi connectivity index (χ2v) is 3.70. The van der Waals surface area contributed by atoms with Gasteiger partial charge in [-0.25, -0.2) is 4.98 Å². The van der Waals surface area contributed by atoms with Gasteiger partial charge in [-0.05, 0) is 18.7 Å². The minimum absolute atomic E-state index is 0.111. The molecule has 0 spiro atoms. The molecule has 18 heavy (non-hydrogen) atoms. The first-order valence-electron chi connectivity index (χ1n) is 5.86. The molecule has 1 N–H and O–H groups in total. The number of aromatic nitrogens is 3. The van der Waals surface area contributed by atoms with Crippen molar-refractivity contribution in [2.75, 3.05) is 13.7 Å². The smallest absolute Gasteiger partial charge is 0.237 e. The highest BCUT2D eigenvalue weighted by atomic mass is 16.5. The molecule has 94 valence electrons. The second kappa shape index (κ2) is 6.07. The summed E-state index contributed by atoms with van der Waals surface area (Å²) in [6.45, 7) is 2.85. The van der Waals surface area contributed by atoms with Crippen LogP contribution in [0.1, 0.15) is 24.4 Å². The van der Waals surface area contributed by atoms with E-state index in [2.05, 4.69) is 20.3 Å². The lowest BCUT2D eigenvalue weighted by molar-refractivity contribution is 0.382. The lowest BCUT2D eigenvalue weighted by Crippen LogP contribution is -2.24. The zero-order chi connectivity index (χ0) is 12.8. The first kappa shape index (κ1) is 12.4. The van der Waals surface area contributed by atoms with Crippen molar-refractivity contribution < 1.29 is 4.74 Å². The molecule has 0 amide bonds. The molecule has 2 aromatic heterocycles. The van der Waals surface area contributed by atoms with Crippen LogP contribution in [0.25, 0.3) is 0 Å². The van der Waals surface area contributed by atoms with Gasteiger partial charge in [0.25, 0.3) is 0 Å². The number of rotatable bonds is 5. The van der Waals surface area contributed by atoms with Crippen LogP contribution in [0.5, 0.6) is 5.88 Å². The first-order chi connectivity index (χ1) is 8.86. The average molecular weight is 244 g/mol. The van der Waals surface area contributed by atoms with Gasteiger partial charge in [0, 0.05) is 18.6 Å². The highest BCUT2D eigenvalue weighted by Crippen LogP contribution is 2.24. The quantitative estimate of drug-likeness (QED) is 0.865. The zero-order valence-corrected chi connectivity index (χ0v) is 10.5. The molecule has 0 aliphatic carbocycles. The zero-order valence-electron chi connectivity index (χ0n) is 10.5. The van der Waals surface area contributed by atoms with Crippen LogP contribution in [0, 0.1) is 0 Å². The molecule has 0 aliphatic heterocycles. The van der Waals surface area contributed by atoms with Gasteiger partial charge in [0.05, 0.1) is 18.8 Å². The van der Waals surface area contributed by atoms with E-state index in [1.807, 2.05) is 25.1 Å². The van der Waals surface area contributed by atoms with Crippen molar-refractivity contribution in [3.05, 3.63) is 48.2 Å². The normalized spacial score (nSPS) is 12.1. The molecule has 0 bridgehead atoms. The topological polar surface area (TPSA) is 59.9 Å². The molecule has 5 nitrogen and oxygen atoms in total. The van der Waals surface area contributed by atoms with Crippen molar-refractivity contribution >= 4 is 0 Å². The molecule has 0 saturated heterocycles. The summed E-state index contributed by atoms with van der Waals surface area (Å²) < 4.78 is 5.25. The SMILES string of the molecule is CCNC(c1ccccn1)c1nccnc1OC. The van der Waals surface area contributed by atoms with Crippen molar-refractivity contribution in [3.63, 3.8) is 0 Å². The van der Waals surface area contributed by atoms with E-state index in [0.29, 0.717) is 5.88 Å². The van der Waals surface area contributed by atoms with Crippen molar-refractivity contribution in [3.8, 4) is 5.88 Å². The Bertz CT molecular complexity index is 489. The Morgan fingerprint density at radius 2 is 2.00 bits per heavy atom. The molecule has 2 rings (SSSR count). The van der Waals surface area contributed by atoms with Crippen LogP contribution in [0.4, 0.5) is 0 Å². The monoisotopic (exact) mass is 244 g/mol. The summed E-state index contributed by atoms with van der Waals surface area (Å²) in [5.41, 5.74) is 1.65. The highest BCUT2D eigenvalue weighted by molar-refractivity contribution is 5.28. The highest BCUT2D eigenvalue weighted by Gasteiger charge is 2.20. The van der Waals surface area contributed by atoms with Crippen LogP contribution in [-0.2, 0) is 0 Å². The number of nitrogens with one attached hydrogen (secondary N) is 1. The van der Waals surface area contributed by atoms with Crippen LogP contribution >= 0.6 is 0 Å². The van der Waals surface area contributed by atoms with Crippen molar-refractivity contribution in [2.24, 2.45) is 0 Å². The van der Waals surface area contributed by atoms with Gasteiger partial charge in [-0.15, -0.1) is 0 Å². The van der Waals surface area contributed by atoms with Crippen molar-refractivity contribution in [1.29, 1.82) is 0 Å². The van der Waals surface area contributed by atoms with Crippen LogP contribution in [-0.4, -0.2) is 28.6 Å². The third kappa shape index (κ3) is 2.62. The van der Waals surface area contributed by atoms with Crippen LogP contribution < -0.4 is 10.1 Å². The number of ether oxygens (including phenoxy) is 1. The van der Waals surface area contributed by atoms with E-state index in [0.717, 1.165) is 17.9 Å². The van der Waals surface area contributed by atoms with E-state index < -0.39 is 0 Å². The number of methoxy groups -OCH3 is 1. The van der Waals surface area contributed by atoms with Gasteiger partial charge in [-0.3, -0.25) is 9.97 Å². The van der Waals surface area contributed by atoms with Gasteiger partial charge in [0.1, 0.15) is 5.69 Å². The Hall–Kier alpha value is -2.01. The fourth-order valence-electron chi connectivity index (χ4n) is 1.78. The van der Waals surface area contributed by atoms with E-state index in [9.17, 15) is 0 Å². The lowest BCUT2D eigenvalue weighted by atomic mass is 10.1. The summed E-state index contributed by atoms with van der Waals surface area (Å²) in [6.07, 6.45) is 5.04. The van der Waals surface area contributed by atoms with E-state index >= 15 is 0 Å². The number of pyridine rings is 1. The summed E-state index contributed by atoms with van der Waals surface area (Å²) in [6, 6.07) is 5.69. The Morgan fingerprint density at radius 1 is 1.17 bits per heavy atom. The van der Waals surface area contributed by atoms with Gasteiger partial charge in [0.2, 0.25) is 5.88 Å². The van der Waals surface area contributed by atoms with Crippen LogP contribution in [0.3, 0.4) is 0 Å². The predicted molar refractivity (Wildman–Crippen MR) is 68.3 cm³/mol. The fraction of sp³-hybridized carbons (Fsp3) is 0.308. The number of hydrogen-bond acceptors (Lipinski definition) is 5. The molecule has 2 heterocycles. The molecule has 0 aliphatic rings. The number of nitrogens with zero attached hydrogens (tertiary/aromatic N) is 3. The fourth-order valence-corrected chi connectivity index (χ4v) is 1.78. The first-order valence-corrected chi connectivity index (χ1v) is 5.86. The summed E-state index contributed by atoms with van der Waals surface area (Å²) in [7, 11) is 1.59. The molecule has 0 fully saturated rings. The molecule has 0 radical (unpaired) electrons. The van der Waals surface area contributed by atoms with E-state index in [1.54, 1.807) is 25.7 Å². The summed E-state index contributed by atoms with van der Waals surface area (Å²) in [4.78, 5) is 12.9. The van der Waals surface area contributed by atoms with Crippen LogP contribution in [0.2, 0.25) is 0 Å². The third-order valence-electron chi connectivity index (χ3n) is 2.55. The minimum atomic E-state index is -0.111. The Labute approximate surface area is 106 Å². The van der Waals surface area contributed by atoms with E-state index in [-0.39, 0.29) is 6.04 Å². The van der Waals surface area contributed by atoms with Crippen LogP contribution in [0.15, 0.2) is 36.8 Å². The minimum Gasteiger partial charge on any atom is -0.480 e. The molecular weight excluding hydrogens is 228 g/mol. The summed E-state index contributed by atoms with van der Waals surface area (Å²) >= 11 is 0. The van der Waals surface area contributed by atoms with Gasteiger partial charge in [-0.1, -0.05) is 13.0 Å². The molecule has 0 saturated carbocycles. The lowest BCUT2D eigenvalue weighted by Gasteiger charge is -2.18. The van der Waals surface area contributed by atoms with Gasteiger partial charge >= 0.3 is 0 Å².